The number of halogens is 1. The van der Waals surface area contributed by atoms with Gasteiger partial charge >= 0.3 is 0 Å². The zero-order valence-electron chi connectivity index (χ0n) is 18.1. The molecule has 0 aliphatic heterocycles. The second kappa shape index (κ2) is 9.17. The Morgan fingerprint density at radius 2 is 2.12 bits per heavy atom. The molecule has 1 amide bonds. The Kier molecular flexibility index (Phi) is 5.91. The fraction of sp³-hybridized carbons (Fsp3) is 0.227. The lowest BCUT2D eigenvalue weighted by Crippen LogP contribution is -2.14. The van der Waals surface area contributed by atoms with Crippen LogP contribution in [0, 0.1) is 17.8 Å². The molecule has 0 aromatic carbocycles. The summed E-state index contributed by atoms with van der Waals surface area (Å²) < 4.78 is 7.09. The van der Waals surface area contributed by atoms with Crippen LogP contribution in [0.3, 0.4) is 0 Å². The van der Waals surface area contributed by atoms with Crippen molar-refractivity contribution in [1.29, 1.82) is 0 Å². The van der Waals surface area contributed by atoms with Crippen molar-refractivity contribution < 1.29 is 9.53 Å². The first-order valence-electron chi connectivity index (χ1n) is 10.2. The van der Waals surface area contributed by atoms with E-state index in [1.165, 1.54) is 30.8 Å². The van der Waals surface area contributed by atoms with Crippen LogP contribution in [0.4, 0.5) is 5.13 Å². The lowest BCUT2D eigenvalue weighted by Gasteiger charge is -2.12. The van der Waals surface area contributed by atoms with Gasteiger partial charge in [-0.05, 0) is 42.5 Å². The summed E-state index contributed by atoms with van der Waals surface area (Å²) in [6.45, 7) is 0. The van der Waals surface area contributed by atoms with Gasteiger partial charge in [0.25, 0.3) is 5.91 Å². The summed E-state index contributed by atoms with van der Waals surface area (Å²) in [5.41, 5.74) is 2.23. The highest BCUT2D eigenvalue weighted by Crippen LogP contribution is 2.33. The molecule has 0 unspecified atom stereocenters. The number of hydrogen-bond donors (Lipinski definition) is 1. The molecule has 1 fully saturated rings. The minimum atomic E-state index is -0.440. The average Bonchev–Trinajstić information content (AvgIpc) is 3.40. The van der Waals surface area contributed by atoms with E-state index < -0.39 is 5.91 Å². The number of pyridine rings is 1. The van der Waals surface area contributed by atoms with Crippen LogP contribution in [-0.2, 0) is 7.05 Å². The Hall–Kier alpha value is -3.88. The summed E-state index contributed by atoms with van der Waals surface area (Å²) in [5, 5.41) is 16.1. The van der Waals surface area contributed by atoms with E-state index in [2.05, 4.69) is 47.4 Å². The van der Waals surface area contributed by atoms with Crippen molar-refractivity contribution in [2.75, 3.05) is 12.4 Å². The Bertz CT molecular complexity index is 1450. The van der Waals surface area contributed by atoms with Crippen molar-refractivity contribution >= 4 is 34.0 Å². The third-order valence-corrected chi connectivity index (χ3v) is 5.87. The number of rotatable bonds is 5. The summed E-state index contributed by atoms with van der Waals surface area (Å²) in [6.07, 6.45) is 6.95. The van der Waals surface area contributed by atoms with Crippen LogP contribution in [0.5, 0.6) is 5.75 Å². The number of nitrogens with zero attached hydrogens (tertiary/aromatic N) is 7. The van der Waals surface area contributed by atoms with E-state index >= 15 is 0 Å². The monoisotopic (exact) mass is 492 g/mol. The van der Waals surface area contributed by atoms with E-state index in [1.54, 1.807) is 16.9 Å². The summed E-state index contributed by atoms with van der Waals surface area (Å²) in [6, 6.07) is 3.53. The number of methoxy groups -OCH3 is 1. The molecule has 0 atom stereocenters. The molecular weight excluding hydrogens is 476 g/mol. The maximum absolute atomic E-state index is 13.2. The van der Waals surface area contributed by atoms with Gasteiger partial charge in [0.2, 0.25) is 10.4 Å². The molecule has 0 saturated heterocycles. The maximum atomic E-state index is 13.2. The Balaban J connectivity index is 1.53. The maximum Gasteiger partial charge on any atom is 0.259 e. The second-order valence-corrected chi connectivity index (χ2v) is 8.77. The van der Waals surface area contributed by atoms with Crippen LogP contribution in [0.2, 0.25) is 5.28 Å². The minimum absolute atomic E-state index is 0.0151. The Morgan fingerprint density at radius 1 is 1.26 bits per heavy atom. The van der Waals surface area contributed by atoms with Gasteiger partial charge in [0, 0.05) is 30.9 Å². The first-order valence-corrected chi connectivity index (χ1v) is 11.4. The van der Waals surface area contributed by atoms with Gasteiger partial charge in [0.15, 0.2) is 10.8 Å². The van der Waals surface area contributed by atoms with Crippen LogP contribution in [0.1, 0.15) is 28.2 Å². The van der Waals surface area contributed by atoms with Crippen molar-refractivity contribution in [3.05, 3.63) is 46.6 Å². The highest BCUT2D eigenvalue weighted by Gasteiger charge is 2.22. The molecule has 10 nitrogen and oxygen atoms in total. The highest BCUT2D eigenvalue weighted by atomic mass is 35.5. The van der Waals surface area contributed by atoms with Crippen molar-refractivity contribution in [2.45, 2.75) is 12.8 Å². The van der Waals surface area contributed by atoms with E-state index in [-0.39, 0.29) is 10.8 Å². The summed E-state index contributed by atoms with van der Waals surface area (Å²) in [4.78, 5) is 26.0. The fourth-order valence-corrected chi connectivity index (χ4v) is 3.83. The predicted molar refractivity (Wildman–Crippen MR) is 126 cm³/mol. The zero-order valence-corrected chi connectivity index (χ0v) is 19.7. The van der Waals surface area contributed by atoms with Crippen LogP contribution in [-0.4, -0.2) is 47.9 Å². The van der Waals surface area contributed by atoms with Crippen molar-refractivity contribution in [2.24, 2.45) is 13.0 Å². The third kappa shape index (κ3) is 4.73. The summed E-state index contributed by atoms with van der Waals surface area (Å²) in [5.74, 6) is 6.49. The van der Waals surface area contributed by atoms with Crippen molar-refractivity contribution in [1.82, 2.24) is 34.9 Å². The number of amides is 1. The standard InChI is InChI=1S/C22H17ClN8O2S/c1-31-8-7-15(30-31)16-9-13(19-17(33-2)11-25-21(23)26-19)14(10-24-16)20(32)27-22-29-28-18(34-22)6-5-12-3-4-12/h7-12H,3-4H2,1-2H3,(H,27,29,32). The minimum Gasteiger partial charge on any atom is -0.493 e. The first-order chi connectivity index (χ1) is 16.5. The average molecular weight is 493 g/mol. The molecule has 1 aliphatic rings. The molecule has 0 bridgehead atoms. The number of aromatic nitrogens is 7. The number of nitrogens with one attached hydrogen (secondary N) is 1. The quantitative estimate of drug-likeness (QED) is 0.332. The molecule has 170 valence electrons. The topological polar surface area (TPSA) is 121 Å². The molecule has 0 spiro atoms. The molecule has 0 radical (unpaired) electrons. The molecule has 4 heterocycles. The molecule has 12 heteroatoms. The van der Waals surface area contributed by atoms with Crippen LogP contribution < -0.4 is 10.1 Å². The van der Waals surface area contributed by atoms with E-state index in [0.29, 0.717) is 44.5 Å². The van der Waals surface area contributed by atoms with Gasteiger partial charge in [0.05, 0.1) is 24.6 Å². The predicted octanol–water partition coefficient (Wildman–Crippen LogP) is 3.47. The molecule has 5 rings (SSSR count). The number of anilines is 1. The number of carbonyl (C=O) groups excluding carboxylic acids is 1. The van der Waals surface area contributed by atoms with Gasteiger partial charge in [-0.25, -0.2) is 9.97 Å². The smallest absolute Gasteiger partial charge is 0.259 e. The van der Waals surface area contributed by atoms with E-state index in [9.17, 15) is 4.79 Å². The molecule has 1 aliphatic carbocycles. The lowest BCUT2D eigenvalue weighted by atomic mass is 10.0. The molecule has 1 N–H and O–H groups in total. The molecule has 34 heavy (non-hydrogen) atoms. The number of aryl methyl sites for hydroxylation is 1. The number of hydrogen-bond acceptors (Lipinski definition) is 9. The Morgan fingerprint density at radius 3 is 2.85 bits per heavy atom. The summed E-state index contributed by atoms with van der Waals surface area (Å²) in [7, 11) is 3.30. The molecule has 1 saturated carbocycles. The van der Waals surface area contributed by atoms with E-state index in [1.807, 2.05) is 13.1 Å². The molecule has 4 aromatic rings. The van der Waals surface area contributed by atoms with Crippen LogP contribution >= 0.6 is 22.9 Å². The van der Waals surface area contributed by atoms with Gasteiger partial charge in [-0.2, -0.15) is 5.10 Å². The van der Waals surface area contributed by atoms with Gasteiger partial charge in [-0.1, -0.05) is 17.3 Å². The third-order valence-electron chi connectivity index (χ3n) is 4.93. The van der Waals surface area contributed by atoms with E-state index in [4.69, 9.17) is 16.3 Å². The highest BCUT2D eigenvalue weighted by molar-refractivity contribution is 7.15. The van der Waals surface area contributed by atoms with Gasteiger partial charge < -0.3 is 4.74 Å². The second-order valence-electron chi connectivity index (χ2n) is 7.46. The number of ether oxygens (including phenoxy) is 1. The van der Waals surface area contributed by atoms with Crippen LogP contribution in [0.25, 0.3) is 22.6 Å². The fourth-order valence-electron chi connectivity index (χ4n) is 3.10. The SMILES string of the molecule is COc1cnc(Cl)nc1-c1cc(-c2ccn(C)n2)ncc1C(=O)Nc1nnc(C#CC2CC2)s1. The lowest BCUT2D eigenvalue weighted by molar-refractivity contribution is 0.102. The first kappa shape index (κ1) is 21.9. The van der Waals surface area contributed by atoms with Crippen LogP contribution in [0.15, 0.2) is 30.7 Å². The number of carbonyl (C=O) groups is 1. The van der Waals surface area contributed by atoms with Crippen molar-refractivity contribution in [3.63, 3.8) is 0 Å². The zero-order chi connectivity index (χ0) is 23.7. The molecular formula is C22H17ClN8O2S. The largest absolute Gasteiger partial charge is 0.493 e. The van der Waals surface area contributed by atoms with Gasteiger partial charge in [-0.3, -0.25) is 19.8 Å². The molecule has 4 aromatic heterocycles. The summed E-state index contributed by atoms with van der Waals surface area (Å²) >= 11 is 7.27. The normalized spacial score (nSPS) is 12.7. The Labute approximate surface area is 203 Å². The van der Waals surface area contributed by atoms with Gasteiger partial charge in [-0.15, -0.1) is 10.2 Å². The van der Waals surface area contributed by atoms with E-state index in [0.717, 1.165) is 12.8 Å². The van der Waals surface area contributed by atoms with Crippen molar-refractivity contribution in [3.8, 4) is 40.2 Å². The van der Waals surface area contributed by atoms with Gasteiger partial charge in [0.1, 0.15) is 11.4 Å².